The molecule has 4 aromatic carbocycles. The molecule has 5 rings (SSSR count). The average Bonchev–Trinajstić information content (AvgIpc) is 3.09. The Kier molecular flexibility index (Phi) is 12.5. The van der Waals surface area contributed by atoms with Gasteiger partial charge in [-0.3, -0.25) is 13.9 Å². The summed E-state index contributed by atoms with van der Waals surface area (Å²) in [6.07, 6.45) is -0.207. The van der Waals surface area contributed by atoms with Crippen LogP contribution in [0.4, 0.5) is 18.9 Å². The second kappa shape index (κ2) is 16.6. The lowest BCUT2D eigenvalue weighted by Crippen LogP contribution is -2.55. The summed E-state index contributed by atoms with van der Waals surface area (Å²) in [6.45, 7) is 0.781. The molecule has 0 unspecified atom stereocenters. The van der Waals surface area contributed by atoms with Gasteiger partial charge in [0.1, 0.15) is 12.6 Å². The standard InChI is InChI=1S/C38H38BrClF3N3O4S/c1-26-15-18-32(19-16-26)51(49,50)46(31-17-20-34(40)33(23-31)38(41,42)43)25-36(47)45(24-28-11-8-12-29(39)21-28)35(22-27-9-4-2-5-10-27)37(48)44-30-13-6-3-7-14-30/h2,4-5,8-12,15-21,23,30,35H,3,6-7,13-14,22,24-25H2,1H3,(H,44,48)/t35-/m0/s1. The van der Waals surface area contributed by atoms with Gasteiger partial charge in [-0.15, -0.1) is 0 Å². The van der Waals surface area contributed by atoms with Crippen molar-refractivity contribution in [1.82, 2.24) is 10.2 Å². The van der Waals surface area contributed by atoms with Crippen LogP contribution in [0.15, 0.2) is 106 Å². The molecule has 0 aromatic heterocycles. The molecule has 1 aliphatic carbocycles. The summed E-state index contributed by atoms with van der Waals surface area (Å²) in [6, 6.07) is 23.6. The first-order valence-corrected chi connectivity index (χ1v) is 19.2. The van der Waals surface area contributed by atoms with Gasteiger partial charge in [-0.05, 0) is 73.4 Å². The lowest BCUT2D eigenvalue weighted by molar-refractivity contribution is -0.140. The number of carbonyl (C=O) groups is 2. The Hall–Kier alpha value is -3.87. The lowest BCUT2D eigenvalue weighted by Gasteiger charge is -2.35. The van der Waals surface area contributed by atoms with Crippen molar-refractivity contribution in [2.75, 3.05) is 10.8 Å². The SMILES string of the molecule is Cc1ccc(S(=O)(=O)N(CC(=O)N(Cc2cccc(Br)c2)[C@@H](Cc2ccccc2)C(=O)NC2CCCCC2)c2ccc(Cl)c(C(F)(F)F)c2)cc1. The van der Waals surface area contributed by atoms with Crippen molar-refractivity contribution >= 4 is 55.1 Å². The fourth-order valence-electron chi connectivity index (χ4n) is 6.18. The molecule has 0 heterocycles. The van der Waals surface area contributed by atoms with Crippen molar-refractivity contribution in [3.63, 3.8) is 0 Å². The first-order chi connectivity index (χ1) is 24.2. The van der Waals surface area contributed by atoms with Gasteiger partial charge < -0.3 is 10.2 Å². The van der Waals surface area contributed by atoms with E-state index in [1.807, 2.05) is 36.4 Å². The molecule has 270 valence electrons. The Morgan fingerprint density at radius 2 is 1.57 bits per heavy atom. The molecular weight excluding hydrogens is 767 g/mol. The number of alkyl halides is 3. The number of sulfonamides is 1. The van der Waals surface area contributed by atoms with Crippen LogP contribution in [0, 0.1) is 6.92 Å². The molecule has 0 bridgehead atoms. The zero-order chi connectivity index (χ0) is 36.8. The minimum absolute atomic E-state index is 0.0826. The number of hydrogen-bond donors (Lipinski definition) is 1. The van der Waals surface area contributed by atoms with E-state index in [-0.39, 0.29) is 23.9 Å². The Balaban J connectivity index is 1.61. The minimum atomic E-state index is -4.90. The van der Waals surface area contributed by atoms with Gasteiger partial charge in [0.2, 0.25) is 11.8 Å². The van der Waals surface area contributed by atoms with Gasteiger partial charge in [-0.25, -0.2) is 8.42 Å². The highest BCUT2D eigenvalue weighted by Crippen LogP contribution is 2.38. The highest BCUT2D eigenvalue weighted by Gasteiger charge is 2.38. The summed E-state index contributed by atoms with van der Waals surface area (Å²) >= 11 is 9.37. The number of rotatable bonds is 12. The number of aryl methyl sites for hydroxylation is 1. The number of halogens is 5. The molecule has 0 aliphatic heterocycles. The maximum atomic E-state index is 14.7. The normalized spacial score (nSPS) is 14.5. The van der Waals surface area contributed by atoms with Gasteiger partial charge >= 0.3 is 6.18 Å². The summed E-state index contributed by atoms with van der Waals surface area (Å²) in [5, 5.41) is 2.51. The van der Waals surface area contributed by atoms with Crippen molar-refractivity contribution in [1.29, 1.82) is 0 Å². The maximum absolute atomic E-state index is 14.7. The lowest BCUT2D eigenvalue weighted by atomic mass is 9.94. The Morgan fingerprint density at radius 1 is 0.902 bits per heavy atom. The van der Waals surface area contributed by atoms with Crippen molar-refractivity contribution in [3.05, 3.63) is 129 Å². The fourth-order valence-corrected chi connectivity index (χ4v) is 8.26. The van der Waals surface area contributed by atoms with Crippen LogP contribution < -0.4 is 9.62 Å². The molecule has 0 saturated heterocycles. The van der Waals surface area contributed by atoms with Crippen LogP contribution in [-0.4, -0.2) is 43.8 Å². The molecule has 1 atom stereocenters. The quantitative estimate of drug-likeness (QED) is 0.155. The zero-order valence-electron chi connectivity index (χ0n) is 27.9. The monoisotopic (exact) mass is 803 g/mol. The van der Waals surface area contributed by atoms with Crippen molar-refractivity contribution < 1.29 is 31.2 Å². The molecule has 7 nitrogen and oxygen atoms in total. The zero-order valence-corrected chi connectivity index (χ0v) is 31.0. The van der Waals surface area contributed by atoms with E-state index >= 15 is 0 Å². The number of carbonyl (C=O) groups excluding carboxylic acids is 2. The van der Waals surface area contributed by atoms with Crippen LogP contribution in [0.5, 0.6) is 0 Å². The van der Waals surface area contributed by atoms with Crippen LogP contribution in [-0.2, 0) is 38.8 Å². The summed E-state index contributed by atoms with van der Waals surface area (Å²) in [5.74, 6) is -1.18. The first kappa shape index (κ1) is 38.4. The molecule has 51 heavy (non-hydrogen) atoms. The summed E-state index contributed by atoms with van der Waals surface area (Å²) in [5.41, 5.74) is 0.521. The second-order valence-corrected chi connectivity index (χ2v) is 15.9. The largest absolute Gasteiger partial charge is 0.417 e. The van der Waals surface area contributed by atoms with Crippen molar-refractivity contribution in [3.8, 4) is 0 Å². The van der Waals surface area contributed by atoms with E-state index in [1.54, 1.807) is 37.3 Å². The maximum Gasteiger partial charge on any atom is 0.417 e. The number of nitrogens with zero attached hydrogens (tertiary/aromatic N) is 2. The molecule has 1 N–H and O–H groups in total. The summed E-state index contributed by atoms with van der Waals surface area (Å²) < 4.78 is 72.0. The van der Waals surface area contributed by atoms with Crippen LogP contribution in [0.2, 0.25) is 5.02 Å². The van der Waals surface area contributed by atoms with E-state index in [0.717, 1.165) is 59.8 Å². The van der Waals surface area contributed by atoms with Crippen molar-refractivity contribution in [2.24, 2.45) is 0 Å². The van der Waals surface area contributed by atoms with Crippen LogP contribution in [0.1, 0.15) is 54.4 Å². The number of nitrogens with one attached hydrogen (secondary N) is 1. The summed E-state index contributed by atoms with van der Waals surface area (Å²) in [4.78, 5) is 30.0. The average molecular weight is 805 g/mol. The third-order valence-corrected chi connectivity index (χ3v) is 11.5. The molecule has 1 saturated carbocycles. The van der Waals surface area contributed by atoms with E-state index in [0.29, 0.717) is 15.9 Å². The van der Waals surface area contributed by atoms with Crippen LogP contribution in [0.25, 0.3) is 0 Å². The molecule has 13 heteroatoms. The van der Waals surface area contributed by atoms with Crippen molar-refractivity contribution in [2.45, 2.75) is 75.1 Å². The Labute approximate surface area is 310 Å². The van der Waals surface area contributed by atoms with Gasteiger partial charge in [-0.2, -0.15) is 13.2 Å². The molecule has 4 aromatic rings. The smallest absolute Gasteiger partial charge is 0.352 e. The van der Waals surface area contributed by atoms with E-state index in [9.17, 15) is 31.2 Å². The first-order valence-electron chi connectivity index (χ1n) is 16.6. The van der Waals surface area contributed by atoms with Crippen LogP contribution in [0.3, 0.4) is 0 Å². The van der Waals surface area contributed by atoms with Gasteiger partial charge in [0.05, 0.1) is 21.2 Å². The van der Waals surface area contributed by atoms with Gasteiger partial charge in [0, 0.05) is 23.5 Å². The number of benzene rings is 4. The Bertz CT molecular complexity index is 1940. The van der Waals surface area contributed by atoms with E-state index in [1.165, 1.54) is 17.0 Å². The highest BCUT2D eigenvalue weighted by atomic mass is 79.9. The predicted octanol–water partition coefficient (Wildman–Crippen LogP) is 8.71. The number of amides is 2. The van der Waals surface area contributed by atoms with E-state index in [2.05, 4.69) is 21.2 Å². The number of anilines is 1. The highest BCUT2D eigenvalue weighted by molar-refractivity contribution is 9.10. The molecule has 2 amide bonds. The molecule has 0 radical (unpaired) electrons. The molecule has 1 aliphatic rings. The van der Waals surface area contributed by atoms with Gasteiger partial charge in [0.25, 0.3) is 10.0 Å². The molecule has 1 fully saturated rings. The predicted molar refractivity (Wildman–Crippen MR) is 196 cm³/mol. The van der Waals surface area contributed by atoms with E-state index in [4.69, 9.17) is 11.6 Å². The Morgan fingerprint density at radius 3 is 2.22 bits per heavy atom. The second-order valence-electron chi connectivity index (χ2n) is 12.7. The third kappa shape index (κ3) is 9.93. The summed E-state index contributed by atoms with van der Waals surface area (Å²) in [7, 11) is -4.61. The fraction of sp³-hybridized carbons (Fsp3) is 0.316. The van der Waals surface area contributed by atoms with Gasteiger partial charge in [0.15, 0.2) is 0 Å². The topological polar surface area (TPSA) is 86.8 Å². The number of hydrogen-bond acceptors (Lipinski definition) is 4. The molecule has 0 spiro atoms. The molecular formula is C38H38BrClF3N3O4S. The van der Waals surface area contributed by atoms with Gasteiger partial charge in [-0.1, -0.05) is 107 Å². The van der Waals surface area contributed by atoms with E-state index < -0.39 is 56.9 Å². The minimum Gasteiger partial charge on any atom is -0.352 e. The van der Waals surface area contributed by atoms with Crippen LogP contribution >= 0.6 is 27.5 Å². The third-order valence-electron chi connectivity index (χ3n) is 8.90.